The molecule has 0 saturated carbocycles. The van der Waals surface area contributed by atoms with Crippen LogP contribution in [0.25, 0.3) is 6.08 Å². The first-order valence-corrected chi connectivity index (χ1v) is 5.39. The molecule has 0 bridgehead atoms. The Morgan fingerprint density at radius 1 is 1.22 bits per heavy atom. The highest BCUT2D eigenvalue weighted by Gasteiger charge is 1.98. The number of hydrogen-bond donors (Lipinski definition) is 1. The predicted octanol–water partition coefficient (Wildman–Crippen LogP) is 2.87. The number of aromatic nitrogens is 1. The predicted molar refractivity (Wildman–Crippen MR) is 68.3 cm³/mol. The lowest BCUT2D eigenvalue weighted by molar-refractivity contribution is -0.111. The highest BCUT2D eigenvalue weighted by Crippen LogP contribution is 2.09. The first kappa shape index (κ1) is 12.0. The molecular weight excluding hydrogens is 231 g/mol. The van der Waals surface area contributed by atoms with Crippen LogP contribution in [-0.2, 0) is 4.79 Å². The molecule has 90 valence electrons. The fourth-order valence-corrected chi connectivity index (χ4v) is 1.40. The Morgan fingerprint density at radius 3 is 2.72 bits per heavy atom. The van der Waals surface area contributed by atoms with Crippen molar-refractivity contribution in [1.29, 1.82) is 0 Å². The summed E-state index contributed by atoms with van der Waals surface area (Å²) in [5.41, 5.74) is 1.30. The zero-order chi connectivity index (χ0) is 12.8. The van der Waals surface area contributed by atoms with Crippen LogP contribution in [0.4, 0.5) is 10.1 Å². The molecule has 0 aliphatic heterocycles. The molecular formula is C14H11FN2O. The summed E-state index contributed by atoms with van der Waals surface area (Å²) >= 11 is 0. The van der Waals surface area contributed by atoms with Gasteiger partial charge in [0.15, 0.2) is 0 Å². The van der Waals surface area contributed by atoms with Crippen molar-refractivity contribution in [2.75, 3.05) is 5.32 Å². The molecule has 2 rings (SSSR count). The molecule has 0 spiro atoms. The molecule has 0 saturated heterocycles. The van der Waals surface area contributed by atoms with E-state index in [1.807, 2.05) is 0 Å². The summed E-state index contributed by atoms with van der Waals surface area (Å²) < 4.78 is 12.9. The maximum Gasteiger partial charge on any atom is 0.248 e. The van der Waals surface area contributed by atoms with E-state index in [9.17, 15) is 9.18 Å². The first-order valence-electron chi connectivity index (χ1n) is 5.39. The fourth-order valence-electron chi connectivity index (χ4n) is 1.40. The number of nitrogens with one attached hydrogen (secondary N) is 1. The summed E-state index contributed by atoms with van der Waals surface area (Å²) in [5, 5.41) is 2.57. The van der Waals surface area contributed by atoms with Crippen LogP contribution in [-0.4, -0.2) is 10.9 Å². The summed E-state index contributed by atoms with van der Waals surface area (Å²) in [5.74, 6) is -0.691. The van der Waals surface area contributed by atoms with Crippen LogP contribution in [0, 0.1) is 5.82 Å². The Bertz CT molecular complexity index is 567. The van der Waals surface area contributed by atoms with Gasteiger partial charge >= 0.3 is 0 Å². The number of halogens is 1. The minimum Gasteiger partial charge on any atom is -0.322 e. The monoisotopic (exact) mass is 242 g/mol. The second-order valence-corrected chi connectivity index (χ2v) is 3.61. The zero-order valence-corrected chi connectivity index (χ0v) is 9.51. The molecule has 1 aromatic heterocycles. The topological polar surface area (TPSA) is 42.0 Å². The van der Waals surface area contributed by atoms with Crippen molar-refractivity contribution in [3.05, 3.63) is 66.2 Å². The summed E-state index contributed by atoms with van der Waals surface area (Å²) in [6.45, 7) is 0. The molecule has 18 heavy (non-hydrogen) atoms. The second-order valence-electron chi connectivity index (χ2n) is 3.61. The van der Waals surface area contributed by atoms with E-state index in [1.54, 1.807) is 36.7 Å². The number of hydrogen-bond acceptors (Lipinski definition) is 2. The first-order chi connectivity index (χ1) is 8.74. The Labute approximate surface area is 104 Å². The van der Waals surface area contributed by atoms with E-state index in [2.05, 4.69) is 10.3 Å². The molecule has 1 heterocycles. The minimum atomic E-state index is -0.383. The molecule has 0 unspecified atom stereocenters. The standard InChI is InChI=1S/C14H11FN2O/c15-12-2-1-3-13(10-12)17-14(18)5-4-11-6-8-16-9-7-11/h1-10H,(H,17,18)/b5-4+. The number of carbonyl (C=O) groups is 1. The molecule has 0 aliphatic carbocycles. The number of pyridine rings is 1. The van der Waals surface area contributed by atoms with Crippen molar-refractivity contribution >= 4 is 17.7 Å². The van der Waals surface area contributed by atoms with Gasteiger partial charge in [0.25, 0.3) is 0 Å². The number of anilines is 1. The molecule has 1 amide bonds. The van der Waals surface area contributed by atoms with Crippen molar-refractivity contribution in [2.45, 2.75) is 0 Å². The lowest BCUT2D eigenvalue weighted by Gasteiger charge is -2.01. The average Bonchev–Trinajstić information content (AvgIpc) is 2.38. The molecule has 0 fully saturated rings. The number of rotatable bonds is 3. The molecule has 0 aliphatic rings. The Hall–Kier alpha value is -2.49. The van der Waals surface area contributed by atoms with Gasteiger partial charge in [-0.15, -0.1) is 0 Å². The van der Waals surface area contributed by atoms with Gasteiger partial charge in [-0.05, 0) is 42.0 Å². The number of nitrogens with zero attached hydrogens (tertiary/aromatic N) is 1. The van der Waals surface area contributed by atoms with Gasteiger partial charge in [0.2, 0.25) is 5.91 Å². The third kappa shape index (κ3) is 3.52. The minimum absolute atomic E-state index is 0.308. The summed E-state index contributed by atoms with van der Waals surface area (Å²) in [6.07, 6.45) is 6.34. The van der Waals surface area contributed by atoms with E-state index in [-0.39, 0.29) is 11.7 Å². The van der Waals surface area contributed by atoms with Crippen molar-refractivity contribution < 1.29 is 9.18 Å². The third-order valence-corrected chi connectivity index (χ3v) is 2.23. The third-order valence-electron chi connectivity index (χ3n) is 2.23. The average molecular weight is 242 g/mol. The van der Waals surface area contributed by atoms with Crippen molar-refractivity contribution in [3.8, 4) is 0 Å². The largest absolute Gasteiger partial charge is 0.322 e. The van der Waals surface area contributed by atoms with Gasteiger partial charge in [-0.1, -0.05) is 6.07 Å². The Balaban J connectivity index is 1.99. The molecule has 1 aromatic carbocycles. The highest BCUT2D eigenvalue weighted by atomic mass is 19.1. The molecule has 0 radical (unpaired) electrons. The maximum absolute atomic E-state index is 12.9. The normalized spacial score (nSPS) is 10.5. The zero-order valence-electron chi connectivity index (χ0n) is 9.51. The van der Waals surface area contributed by atoms with E-state index in [0.717, 1.165) is 5.56 Å². The van der Waals surface area contributed by atoms with Gasteiger partial charge in [0, 0.05) is 24.2 Å². The lowest BCUT2D eigenvalue weighted by Crippen LogP contribution is -2.07. The smallest absolute Gasteiger partial charge is 0.248 e. The summed E-state index contributed by atoms with van der Waals surface area (Å²) in [7, 11) is 0. The van der Waals surface area contributed by atoms with E-state index < -0.39 is 0 Å². The van der Waals surface area contributed by atoms with Gasteiger partial charge in [-0.2, -0.15) is 0 Å². The van der Waals surface area contributed by atoms with Gasteiger partial charge in [-0.3, -0.25) is 9.78 Å². The molecule has 2 aromatic rings. The quantitative estimate of drug-likeness (QED) is 0.841. The van der Waals surface area contributed by atoms with E-state index in [0.29, 0.717) is 5.69 Å². The Kier molecular flexibility index (Phi) is 3.81. The number of carbonyl (C=O) groups excluding carboxylic acids is 1. The van der Waals surface area contributed by atoms with Gasteiger partial charge in [-0.25, -0.2) is 4.39 Å². The van der Waals surface area contributed by atoms with Crippen molar-refractivity contribution in [3.63, 3.8) is 0 Å². The van der Waals surface area contributed by atoms with E-state index in [1.165, 1.54) is 24.3 Å². The fraction of sp³-hybridized carbons (Fsp3) is 0. The summed E-state index contributed by atoms with van der Waals surface area (Å²) in [4.78, 5) is 15.4. The lowest BCUT2D eigenvalue weighted by atomic mass is 10.2. The van der Waals surface area contributed by atoms with Crippen molar-refractivity contribution in [2.24, 2.45) is 0 Å². The van der Waals surface area contributed by atoms with E-state index >= 15 is 0 Å². The van der Waals surface area contributed by atoms with Gasteiger partial charge < -0.3 is 5.32 Å². The van der Waals surface area contributed by atoms with Crippen LogP contribution in [0.2, 0.25) is 0 Å². The van der Waals surface area contributed by atoms with Crippen LogP contribution in [0.3, 0.4) is 0 Å². The number of amides is 1. The Morgan fingerprint density at radius 2 is 2.00 bits per heavy atom. The molecule has 4 heteroatoms. The van der Waals surface area contributed by atoms with Gasteiger partial charge in [0.1, 0.15) is 5.82 Å². The summed E-state index contributed by atoms with van der Waals surface area (Å²) in [6, 6.07) is 9.32. The van der Waals surface area contributed by atoms with Crippen LogP contribution in [0.5, 0.6) is 0 Å². The number of benzene rings is 1. The van der Waals surface area contributed by atoms with Crippen LogP contribution in [0.1, 0.15) is 5.56 Å². The SMILES string of the molecule is O=C(/C=C/c1ccncc1)Nc1cccc(F)c1. The van der Waals surface area contributed by atoms with Crippen LogP contribution in [0.15, 0.2) is 54.9 Å². The molecule has 0 atom stereocenters. The molecule has 3 nitrogen and oxygen atoms in total. The maximum atomic E-state index is 12.9. The van der Waals surface area contributed by atoms with Crippen molar-refractivity contribution in [1.82, 2.24) is 4.98 Å². The van der Waals surface area contributed by atoms with Gasteiger partial charge in [0.05, 0.1) is 0 Å². The second kappa shape index (κ2) is 5.72. The molecule has 1 N–H and O–H groups in total. The van der Waals surface area contributed by atoms with E-state index in [4.69, 9.17) is 0 Å². The highest BCUT2D eigenvalue weighted by molar-refractivity contribution is 6.01. The van der Waals surface area contributed by atoms with Crippen LogP contribution >= 0.6 is 0 Å². The van der Waals surface area contributed by atoms with Crippen LogP contribution < -0.4 is 5.32 Å².